The number of hydrogen-bond acceptors (Lipinski definition) is 5. The molecule has 0 aliphatic rings. The molecule has 1 heterocycles. The smallest absolute Gasteiger partial charge is 0.131 e. The zero-order chi connectivity index (χ0) is 15.1. The Kier molecular flexibility index (Phi) is 5.78. The van der Waals surface area contributed by atoms with Crippen LogP contribution in [-0.4, -0.2) is 39.5 Å². The van der Waals surface area contributed by atoms with E-state index in [9.17, 15) is 0 Å². The second-order valence-electron chi connectivity index (χ2n) is 4.70. The molecule has 21 heavy (non-hydrogen) atoms. The molecule has 0 bridgehead atoms. The Labute approximate surface area is 125 Å². The van der Waals surface area contributed by atoms with E-state index in [2.05, 4.69) is 16.4 Å². The summed E-state index contributed by atoms with van der Waals surface area (Å²) in [4.78, 5) is 4.62. The van der Waals surface area contributed by atoms with E-state index >= 15 is 0 Å². The number of hydrogen-bond donors (Lipinski definition) is 1. The van der Waals surface area contributed by atoms with Gasteiger partial charge in [0.1, 0.15) is 11.6 Å². The Morgan fingerprint density at radius 1 is 1.14 bits per heavy atom. The summed E-state index contributed by atoms with van der Waals surface area (Å²) in [6, 6.07) is 7.98. The summed E-state index contributed by atoms with van der Waals surface area (Å²) in [6.45, 7) is 1.93. The highest BCUT2D eigenvalue weighted by atomic mass is 16.5. The van der Waals surface area contributed by atoms with Crippen LogP contribution >= 0.6 is 0 Å². The lowest BCUT2D eigenvalue weighted by atomic mass is 10.1. The van der Waals surface area contributed by atoms with Gasteiger partial charge in [-0.15, -0.1) is 0 Å². The summed E-state index contributed by atoms with van der Waals surface area (Å²) in [7, 11) is 5.21. The minimum Gasteiger partial charge on any atom is -0.497 e. The van der Waals surface area contributed by atoms with Crippen molar-refractivity contribution in [3.63, 3.8) is 0 Å². The molecule has 0 spiro atoms. The molecule has 0 amide bonds. The molecule has 0 saturated carbocycles. The molecule has 0 unspecified atom stereocenters. The van der Waals surface area contributed by atoms with Crippen molar-refractivity contribution in [3.8, 4) is 5.75 Å². The van der Waals surface area contributed by atoms with Gasteiger partial charge in [-0.25, -0.2) is 4.98 Å². The first-order chi connectivity index (χ1) is 10.3. The summed E-state index contributed by atoms with van der Waals surface area (Å²) in [5, 5.41) is 4.19. The molecule has 1 aromatic heterocycles. The molecule has 2 rings (SSSR count). The average molecular weight is 290 g/mol. The first kappa shape index (κ1) is 15.5. The molecule has 0 fully saturated rings. The van der Waals surface area contributed by atoms with Crippen LogP contribution in [0.1, 0.15) is 12.0 Å². The van der Waals surface area contributed by atoms with E-state index in [0.717, 1.165) is 34.5 Å². The predicted molar refractivity (Wildman–Crippen MR) is 84.0 cm³/mol. The Hall–Kier alpha value is -1.85. The molecule has 1 aromatic carbocycles. The number of methoxy groups -OCH3 is 2. The van der Waals surface area contributed by atoms with Gasteiger partial charge in [0.25, 0.3) is 0 Å². The number of rotatable bonds is 8. The summed E-state index contributed by atoms with van der Waals surface area (Å²) in [5.41, 5.74) is 1.95. The molecule has 5 nitrogen and oxygen atoms in total. The lowest BCUT2D eigenvalue weighted by molar-refractivity contribution is 0.0931. The number of nitrogens with one attached hydrogen (secondary N) is 1. The van der Waals surface area contributed by atoms with E-state index in [0.29, 0.717) is 19.8 Å². The van der Waals surface area contributed by atoms with Crippen LogP contribution in [0, 0.1) is 0 Å². The van der Waals surface area contributed by atoms with Crippen molar-refractivity contribution in [1.29, 1.82) is 0 Å². The topological polar surface area (TPSA) is 52.6 Å². The maximum absolute atomic E-state index is 5.67. The fourth-order valence-electron chi connectivity index (χ4n) is 2.13. The van der Waals surface area contributed by atoms with Gasteiger partial charge in [0, 0.05) is 44.4 Å². The van der Waals surface area contributed by atoms with E-state index in [1.54, 1.807) is 14.2 Å². The van der Waals surface area contributed by atoms with Crippen LogP contribution in [-0.2, 0) is 16.1 Å². The molecule has 0 saturated heterocycles. The van der Waals surface area contributed by atoms with Crippen molar-refractivity contribution in [2.75, 3.05) is 39.8 Å². The number of nitrogens with zero attached hydrogens (tertiary/aromatic N) is 1. The van der Waals surface area contributed by atoms with Crippen LogP contribution in [0.5, 0.6) is 5.75 Å². The summed E-state index contributed by atoms with van der Waals surface area (Å²) in [6.07, 6.45) is 0.892. The third-order valence-corrected chi connectivity index (χ3v) is 3.24. The van der Waals surface area contributed by atoms with Gasteiger partial charge in [-0.05, 0) is 24.6 Å². The molecule has 1 N–H and O–H groups in total. The normalized spacial score (nSPS) is 10.8. The van der Waals surface area contributed by atoms with Crippen molar-refractivity contribution in [1.82, 2.24) is 4.98 Å². The van der Waals surface area contributed by atoms with Crippen LogP contribution < -0.4 is 10.1 Å². The van der Waals surface area contributed by atoms with Crippen molar-refractivity contribution in [2.45, 2.75) is 13.0 Å². The number of anilines is 1. The third kappa shape index (κ3) is 4.06. The molecule has 5 heteroatoms. The van der Waals surface area contributed by atoms with E-state index in [-0.39, 0.29) is 0 Å². The zero-order valence-corrected chi connectivity index (χ0v) is 12.8. The lowest BCUT2D eigenvalue weighted by Gasteiger charge is -2.11. The molecule has 0 atom stereocenters. The molecule has 0 aliphatic heterocycles. The van der Waals surface area contributed by atoms with Crippen LogP contribution in [0.2, 0.25) is 0 Å². The number of ether oxygens (including phenoxy) is 3. The van der Waals surface area contributed by atoms with Crippen molar-refractivity contribution < 1.29 is 14.2 Å². The van der Waals surface area contributed by atoms with Crippen LogP contribution in [0.3, 0.4) is 0 Å². The first-order valence-electron chi connectivity index (χ1n) is 7.00. The standard InChI is InChI=1S/C16H22N2O3/c1-17-16-13(11-21-8-4-7-19-2)9-12-5-6-14(20-3)10-15(12)18-16/h5-6,9-10H,4,7-8,11H2,1-3H3,(H,17,18). The average Bonchev–Trinajstić information content (AvgIpc) is 2.53. The van der Waals surface area contributed by atoms with Gasteiger partial charge in [0.05, 0.1) is 19.2 Å². The summed E-state index contributed by atoms with van der Waals surface area (Å²) >= 11 is 0. The van der Waals surface area contributed by atoms with E-state index in [1.807, 2.05) is 25.2 Å². The molecule has 114 valence electrons. The largest absolute Gasteiger partial charge is 0.497 e. The summed E-state index contributed by atoms with van der Waals surface area (Å²) in [5.74, 6) is 1.64. The highest BCUT2D eigenvalue weighted by Gasteiger charge is 2.07. The van der Waals surface area contributed by atoms with Gasteiger partial charge in [-0.2, -0.15) is 0 Å². The third-order valence-electron chi connectivity index (χ3n) is 3.24. The number of pyridine rings is 1. The van der Waals surface area contributed by atoms with Crippen molar-refractivity contribution in [3.05, 3.63) is 29.8 Å². The van der Waals surface area contributed by atoms with E-state index < -0.39 is 0 Å². The fourth-order valence-corrected chi connectivity index (χ4v) is 2.13. The quantitative estimate of drug-likeness (QED) is 0.758. The monoisotopic (exact) mass is 290 g/mol. The van der Waals surface area contributed by atoms with Crippen molar-refractivity contribution >= 4 is 16.7 Å². The van der Waals surface area contributed by atoms with Gasteiger partial charge in [0.15, 0.2) is 0 Å². The highest BCUT2D eigenvalue weighted by Crippen LogP contribution is 2.24. The van der Waals surface area contributed by atoms with Crippen LogP contribution in [0.25, 0.3) is 10.9 Å². The maximum Gasteiger partial charge on any atom is 0.131 e. The fraction of sp³-hybridized carbons (Fsp3) is 0.438. The Bertz CT molecular complexity index is 587. The van der Waals surface area contributed by atoms with Crippen LogP contribution in [0.4, 0.5) is 5.82 Å². The second kappa shape index (κ2) is 7.81. The van der Waals surface area contributed by atoms with E-state index in [1.165, 1.54) is 0 Å². The minimum absolute atomic E-state index is 0.537. The minimum atomic E-state index is 0.537. The second-order valence-corrected chi connectivity index (χ2v) is 4.70. The number of benzene rings is 1. The molecular weight excluding hydrogens is 268 g/mol. The Morgan fingerprint density at radius 2 is 2.00 bits per heavy atom. The zero-order valence-electron chi connectivity index (χ0n) is 12.8. The van der Waals surface area contributed by atoms with Gasteiger partial charge in [0.2, 0.25) is 0 Å². The molecule has 2 aromatic rings. The van der Waals surface area contributed by atoms with Gasteiger partial charge in [-0.3, -0.25) is 0 Å². The van der Waals surface area contributed by atoms with Crippen LogP contribution in [0.15, 0.2) is 24.3 Å². The molecular formula is C16H22N2O3. The Morgan fingerprint density at radius 3 is 2.71 bits per heavy atom. The summed E-state index contributed by atoms with van der Waals surface area (Å²) < 4.78 is 15.9. The number of aromatic nitrogens is 1. The van der Waals surface area contributed by atoms with Gasteiger partial charge < -0.3 is 19.5 Å². The van der Waals surface area contributed by atoms with Crippen molar-refractivity contribution in [2.24, 2.45) is 0 Å². The molecule has 0 aliphatic carbocycles. The highest BCUT2D eigenvalue weighted by molar-refractivity contribution is 5.83. The maximum atomic E-state index is 5.67. The first-order valence-corrected chi connectivity index (χ1v) is 7.00. The number of fused-ring (bicyclic) bond motifs is 1. The predicted octanol–water partition coefficient (Wildman–Crippen LogP) is 2.84. The SMILES string of the molecule is CNc1nc2cc(OC)ccc2cc1COCCCOC. The molecule has 0 radical (unpaired) electrons. The lowest BCUT2D eigenvalue weighted by Crippen LogP contribution is -2.04. The van der Waals surface area contributed by atoms with Gasteiger partial charge in [-0.1, -0.05) is 0 Å². The van der Waals surface area contributed by atoms with E-state index in [4.69, 9.17) is 14.2 Å². The van der Waals surface area contributed by atoms with Gasteiger partial charge >= 0.3 is 0 Å². The Balaban J connectivity index is 2.14.